The summed E-state index contributed by atoms with van der Waals surface area (Å²) in [7, 11) is -3.93. The van der Waals surface area contributed by atoms with Gasteiger partial charge < -0.3 is 15.2 Å². The standard InChI is InChI=1S/C22H29NO6S/c1-16-10-12-18(13-11-16)30(26,27)28-15-14-19(24)20(17-8-6-5-7-9-17)23-21(25)29-22(2,3)4/h5-13,19-20,24H,14-15H2,1-4H3,(H,23,25). The van der Waals surface area contributed by atoms with Gasteiger partial charge >= 0.3 is 6.09 Å². The highest BCUT2D eigenvalue weighted by Crippen LogP contribution is 2.21. The van der Waals surface area contributed by atoms with E-state index in [4.69, 9.17) is 8.92 Å². The summed E-state index contributed by atoms with van der Waals surface area (Å²) < 4.78 is 35.0. The SMILES string of the molecule is Cc1ccc(S(=O)(=O)OCCC(O)C(NC(=O)OC(C)(C)C)c2ccccc2)cc1. The number of alkyl carbamates (subject to hydrolysis) is 1. The first-order valence-electron chi connectivity index (χ1n) is 9.66. The first-order chi connectivity index (χ1) is 14.0. The Morgan fingerprint density at radius 3 is 2.23 bits per heavy atom. The number of rotatable bonds is 8. The average molecular weight is 436 g/mol. The number of aliphatic hydroxyl groups is 1. The zero-order valence-electron chi connectivity index (χ0n) is 17.7. The molecule has 2 atom stereocenters. The predicted molar refractivity (Wildman–Crippen MR) is 113 cm³/mol. The monoisotopic (exact) mass is 435 g/mol. The number of nitrogens with one attached hydrogen (secondary N) is 1. The van der Waals surface area contributed by atoms with Gasteiger partial charge in [0.1, 0.15) is 5.60 Å². The molecule has 164 valence electrons. The Morgan fingerprint density at radius 2 is 1.67 bits per heavy atom. The van der Waals surface area contributed by atoms with Crippen molar-refractivity contribution < 1.29 is 27.2 Å². The maximum atomic E-state index is 12.3. The molecule has 0 aliphatic carbocycles. The first kappa shape index (κ1) is 23.9. The topological polar surface area (TPSA) is 102 Å². The largest absolute Gasteiger partial charge is 0.444 e. The van der Waals surface area contributed by atoms with Crippen LogP contribution in [0.5, 0.6) is 0 Å². The number of carbonyl (C=O) groups is 1. The highest BCUT2D eigenvalue weighted by Gasteiger charge is 2.26. The van der Waals surface area contributed by atoms with Crippen molar-refractivity contribution in [2.45, 2.75) is 56.8 Å². The van der Waals surface area contributed by atoms with Crippen LogP contribution in [0.3, 0.4) is 0 Å². The molecule has 0 saturated carbocycles. The zero-order valence-corrected chi connectivity index (χ0v) is 18.5. The molecule has 2 aromatic rings. The summed E-state index contributed by atoms with van der Waals surface area (Å²) in [6.45, 7) is 6.84. The second-order valence-corrected chi connectivity index (χ2v) is 9.60. The van der Waals surface area contributed by atoms with E-state index in [-0.39, 0.29) is 17.9 Å². The Bertz CT molecular complexity index is 920. The molecule has 0 aliphatic heterocycles. The summed E-state index contributed by atoms with van der Waals surface area (Å²) in [6, 6.07) is 14.4. The molecule has 8 heteroatoms. The highest BCUT2D eigenvalue weighted by atomic mass is 32.2. The van der Waals surface area contributed by atoms with E-state index in [0.29, 0.717) is 5.56 Å². The van der Waals surface area contributed by atoms with Crippen molar-refractivity contribution in [2.75, 3.05) is 6.61 Å². The van der Waals surface area contributed by atoms with Crippen LogP contribution in [0.15, 0.2) is 59.5 Å². The van der Waals surface area contributed by atoms with Crippen molar-refractivity contribution in [3.8, 4) is 0 Å². The number of amides is 1. The number of carbonyl (C=O) groups excluding carboxylic acids is 1. The summed E-state index contributed by atoms with van der Waals surface area (Å²) in [6.07, 6.45) is -1.78. The van der Waals surface area contributed by atoms with E-state index in [0.717, 1.165) is 5.56 Å². The van der Waals surface area contributed by atoms with Crippen LogP contribution in [-0.2, 0) is 19.0 Å². The van der Waals surface area contributed by atoms with Gasteiger partial charge in [0, 0.05) is 6.42 Å². The summed E-state index contributed by atoms with van der Waals surface area (Å²) in [5, 5.41) is 13.3. The van der Waals surface area contributed by atoms with Crippen LogP contribution in [0.4, 0.5) is 4.79 Å². The molecule has 0 aromatic heterocycles. The van der Waals surface area contributed by atoms with Crippen LogP contribution in [0.2, 0.25) is 0 Å². The Balaban J connectivity index is 2.04. The Morgan fingerprint density at radius 1 is 1.07 bits per heavy atom. The number of aryl methyl sites for hydroxylation is 1. The first-order valence-corrected chi connectivity index (χ1v) is 11.1. The Kier molecular flexibility index (Phi) is 8.00. The second-order valence-electron chi connectivity index (χ2n) is 7.98. The minimum absolute atomic E-state index is 0.0134. The van der Waals surface area contributed by atoms with Crippen LogP contribution < -0.4 is 5.32 Å². The van der Waals surface area contributed by atoms with Gasteiger partial charge in [0.15, 0.2) is 0 Å². The van der Waals surface area contributed by atoms with Crippen LogP contribution in [-0.4, -0.2) is 37.9 Å². The number of hydrogen-bond donors (Lipinski definition) is 2. The third-order valence-electron chi connectivity index (χ3n) is 4.18. The van der Waals surface area contributed by atoms with Crippen molar-refractivity contribution in [3.05, 3.63) is 65.7 Å². The van der Waals surface area contributed by atoms with Gasteiger partial charge in [0.25, 0.3) is 10.1 Å². The minimum Gasteiger partial charge on any atom is -0.444 e. The summed E-state index contributed by atoms with van der Waals surface area (Å²) in [5.74, 6) is 0. The lowest BCUT2D eigenvalue weighted by Gasteiger charge is -2.27. The van der Waals surface area contributed by atoms with Crippen LogP contribution in [0.1, 0.15) is 44.4 Å². The fraction of sp³-hybridized carbons (Fsp3) is 0.409. The zero-order chi connectivity index (χ0) is 22.4. The maximum absolute atomic E-state index is 12.3. The molecule has 1 amide bonds. The van der Waals surface area contributed by atoms with E-state index in [1.807, 2.05) is 13.0 Å². The number of hydrogen-bond acceptors (Lipinski definition) is 6. The molecular formula is C22H29NO6S. The third-order valence-corrected chi connectivity index (χ3v) is 5.50. The summed E-state index contributed by atoms with van der Waals surface area (Å²) in [5.41, 5.74) is 0.905. The average Bonchev–Trinajstić information content (AvgIpc) is 2.65. The lowest BCUT2D eigenvalue weighted by molar-refractivity contribution is 0.0394. The van der Waals surface area contributed by atoms with Gasteiger partial charge in [-0.3, -0.25) is 4.18 Å². The van der Waals surface area contributed by atoms with Crippen molar-refractivity contribution in [3.63, 3.8) is 0 Å². The molecule has 0 aliphatic rings. The van der Waals surface area contributed by atoms with Crippen molar-refractivity contribution in [1.29, 1.82) is 0 Å². The molecule has 0 fully saturated rings. The van der Waals surface area contributed by atoms with E-state index >= 15 is 0 Å². The molecule has 0 spiro atoms. The molecule has 7 nitrogen and oxygen atoms in total. The second kappa shape index (κ2) is 10.1. The molecule has 0 saturated heterocycles. The summed E-state index contributed by atoms with van der Waals surface area (Å²) >= 11 is 0. The Hall–Kier alpha value is -2.42. The van der Waals surface area contributed by atoms with Crippen LogP contribution >= 0.6 is 0 Å². The van der Waals surface area contributed by atoms with Crippen LogP contribution in [0.25, 0.3) is 0 Å². The molecule has 2 N–H and O–H groups in total. The molecule has 2 rings (SSSR count). The lowest BCUT2D eigenvalue weighted by Crippen LogP contribution is -2.40. The van der Waals surface area contributed by atoms with Crippen molar-refractivity contribution >= 4 is 16.2 Å². The van der Waals surface area contributed by atoms with Gasteiger partial charge in [-0.25, -0.2) is 4.79 Å². The number of benzene rings is 2. The van der Waals surface area contributed by atoms with Gasteiger partial charge in [-0.15, -0.1) is 0 Å². The van der Waals surface area contributed by atoms with E-state index in [1.54, 1.807) is 57.2 Å². The minimum atomic E-state index is -3.93. The van der Waals surface area contributed by atoms with Crippen molar-refractivity contribution in [2.24, 2.45) is 0 Å². The van der Waals surface area contributed by atoms with Crippen molar-refractivity contribution in [1.82, 2.24) is 5.32 Å². The quantitative estimate of drug-likeness (QED) is 0.613. The van der Waals surface area contributed by atoms with Gasteiger partial charge in [-0.05, 0) is 45.4 Å². The normalized spacial score (nSPS) is 14.0. The molecule has 0 radical (unpaired) electrons. The number of aliphatic hydroxyl groups excluding tert-OH is 1. The predicted octanol–water partition coefficient (Wildman–Crippen LogP) is 3.72. The molecule has 0 heterocycles. The van der Waals surface area contributed by atoms with Gasteiger partial charge in [-0.2, -0.15) is 8.42 Å². The van der Waals surface area contributed by atoms with Gasteiger partial charge in [0.2, 0.25) is 0 Å². The maximum Gasteiger partial charge on any atom is 0.408 e. The lowest BCUT2D eigenvalue weighted by atomic mass is 9.99. The molecule has 2 aromatic carbocycles. The highest BCUT2D eigenvalue weighted by molar-refractivity contribution is 7.86. The fourth-order valence-electron chi connectivity index (χ4n) is 2.71. The van der Waals surface area contributed by atoms with E-state index in [9.17, 15) is 18.3 Å². The number of ether oxygens (including phenoxy) is 1. The Labute approximate surface area is 178 Å². The molecular weight excluding hydrogens is 406 g/mol. The fourth-order valence-corrected chi connectivity index (χ4v) is 3.64. The van der Waals surface area contributed by atoms with E-state index < -0.39 is 34.0 Å². The summed E-state index contributed by atoms with van der Waals surface area (Å²) in [4.78, 5) is 12.3. The van der Waals surface area contributed by atoms with E-state index in [2.05, 4.69) is 5.32 Å². The van der Waals surface area contributed by atoms with Crippen LogP contribution in [0, 0.1) is 6.92 Å². The van der Waals surface area contributed by atoms with Gasteiger partial charge in [0.05, 0.1) is 23.6 Å². The third kappa shape index (κ3) is 7.44. The van der Waals surface area contributed by atoms with Gasteiger partial charge in [-0.1, -0.05) is 48.0 Å². The molecule has 0 bridgehead atoms. The molecule has 2 unspecified atom stereocenters. The molecule has 30 heavy (non-hydrogen) atoms. The smallest absolute Gasteiger partial charge is 0.408 e. The van der Waals surface area contributed by atoms with E-state index in [1.165, 1.54) is 12.1 Å².